The lowest BCUT2D eigenvalue weighted by atomic mass is 10.2. The van der Waals surface area contributed by atoms with Gasteiger partial charge in [-0.05, 0) is 37.3 Å². The fourth-order valence-electron chi connectivity index (χ4n) is 3.68. The molecule has 4 aromatic rings. The van der Waals surface area contributed by atoms with E-state index in [-0.39, 0.29) is 16.1 Å². The summed E-state index contributed by atoms with van der Waals surface area (Å²) in [5, 5.41) is 0. The van der Waals surface area contributed by atoms with Gasteiger partial charge in [0, 0.05) is 36.5 Å². The molecular formula is C26H27N3O6S2. The van der Waals surface area contributed by atoms with Crippen molar-refractivity contribution in [3.8, 4) is 11.5 Å². The molecule has 0 aliphatic carbocycles. The number of ether oxygens (including phenoxy) is 3. The van der Waals surface area contributed by atoms with E-state index in [1.807, 2.05) is 23.6 Å². The first kappa shape index (κ1) is 26.4. The van der Waals surface area contributed by atoms with Crippen molar-refractivity contribution in [2.75, 3.05) is 32.2 Å². The van der Waals surface area contributed by atoms with Crippen molar-refractivity contribution < 1.29 is 27.4 Å². The first-order valence-electron chi connectivity index (χ1n) is 11.5. The zero-order valence-corrected chi connectivity index (χ0v) is 22.3. The Morgan fingerprint density at radius 2 is 1.73 bits per heavy atom. The number of carbonyl (C=O) groups is 1. The van der Waals surface area contributed by atoms with Crippen LogP contribution in [-0.4, -0.2) is 46.3 Å². The highest BCUT2D eigenvalue weighted by molar-refractivity contribution is 7.92. The van der Waals surface area contributed by atoms with Gasteiger partial charge in [0.05, 0.1) is 35.9 Å². The molecule has 0 unspecified atom stereocenters. The normalized spacial score (nSPS) is 12.0. The maximum absolute atomic E-state index is 13.2. The van der Waals surface area contributed by atoms with Crippen molar-refractivity contribution in [3.05, 3.63) is 77.1 Å². The van der Waals surface area contributed by atoms with Crippen LogP contribution in [0, 0.1) is 0 Å². The average molecular weight is 542 g/mol. The largest absolute Gasteiger partial charge is 0.493 e. The summed E-state index contributed by atoms with van der Waals surface area (Å²) in [7, 11) is -0.669. The van der Waals surface area contributed by atoms with Gasteiger partial charge in [-0.2, -0.15) is 4.99 Å². The second kappa shape index (κ2) is 11.6. The third-order valence-electron chi connectivity index (χ3n) is 5.46. The van der Waals surface area contributed by atoms with E-state index in [9.17, 15) is 13.2 Å². The van der Waals surface area contributed by atoms with Crippen molar-refractivity contribution in [3.63, 3.8) is 0 Å². The molecule has 37 heavy (non-hydrogen) atoms. The van der Waals surface area contributed by atoms with Gasteiger partial charge in [-0.25, -0.2) is 8.42 Å². The van der Waals surface area contributed by atoms with Crippen LogP contribution in [-0.2, 0) is 21.3 Å². The Bertz CT molecular complexity index is 1580. The number of benzene rings is 3. The first-order chi connectivity index (χ1) is 17.9. The maximum Gasteiger partial charge on any atom is 0.279 e. The quantitative estimate of drug-likeness (QED) is 0.300. The molecule has 9 nitrogen and oxygen atoms in total. The fraction of sp³-hybridized carbons (Fsp3) is 0.231. The highest BCUT2D eigenvalue weighted by Gasteiger charge is 2.16. The van der Waals surface area contributed by atoms with E-state index in [2.05, 4.69) is 9.71 Å². The summed E-state index contributed by atoms with van der Waals surface area (Å²) in [6, 6.07) is 18.0. The van der Waals surface area contributed by atoms with Gasteiger partial charge in [0.15, 0.2) is 16.3 Å². The van der Waals surface area contributed by atoms with E-state index < -0.39 is 15.9 Å². The number of sulfonamides is 1. The van der Waals surface area contributed by atoms with Gasteiger partial charge in [0.1, 0.15) is 0 Å². The summed E-state index contributed by atoms with van der Waals surface area (Å²) >= 11 is 1.34. The minimum atomic E-state index is -3.80. The Labute approximate surface area is 219 Å². The van der Waals surface area contributed by atoms with Crippen molar-refractivity contribution in [1.82, 2.24) is 4.57 Å². The van der Waals surface area contributed by atoms with Gasteiger partial charge in [0.2, 0.25) is 0 Å². The van der Waals surface area contributed by atoms with Crippen LogP contribution in [0.5, 0.6) is 11.5 Å². The second-order valence-electron chi connectivity index (χ2n) is 7.82. The van der Waals surface area contributed by atoms with Crippen molar-refractivity contribution >= 4 is 43.2 Å². The van der Waals surface area contributed by atoms with Crippen LogP contribution in [0.25, 0.3) is 10.2 Å². The van der Waals surface area contributed by atoms with Gasteiger partial charge in [0.25, 0.3) is 15.9 Å². The Balaban J connectivity index is 1.71. The van der Waals surface area contributed by atoms with Crippen molar-refractivity contribution in [2.24, 2.45) is 4.99 Å². The first-order valence-corrected chi connectivity index (χ1v) is 13.8. The van der Waals surface area contributed by atoms with Gasteiger partial charge < -0.3 is 18.8 Å². The Kier molecular flexibility index (Phi) is 8.27. The molecule has 0 aliphatic rings. The molecule has 1 N–H and O–H groups in total. The Hall–Kier alpha value is -3.67. The van der Waals surface area contributed by atoms with Gasteiger partial charge in [-0.3, -0.25) is 9.52 Å². The number of nitrogens with one attached hydrogen (secondary N) is 1. The minimum absolute atomic E-state index is 0.128. The number of nitrogens with zero attached hydrogens (tertiary/aromatic N) is 2. The number of aromatic nitrogens is 1. The maximum atomic E-state index is 13.2. The van der Waals surface area contributed by atoms with E-state index in [4.69, 9.17) is 14.2 Å². The van der Waals surface area contributed by atoms with Crippen LogP contribution in [0.1, 0.15) is 17.3 Å². The number of thiazole rings is 1. The van der Waals surface area contributed by atoms with E-state index >= 15 is 0 Å². The summed E-state index contributed by atoms with van der Waals surface area (Å²) in [5.74, 6) is 0.634. The molecule has 1 aromatic heterocycles. The molecule has 0 atom stereocenters. The van der Waals surface area contributed by atoms with Crippen LogP contribution in [0.2, 0.25) is 0 Å². The second-order valence-corrected chi connectivity index (χ2v) is 10.5. The zero-order valence-electron chi connectivity index (χ0n) is 20.6. The van der Waals surface area contributed by atoms with Gasteiger partial charge in [-0.1, -0.05) is 35.6 Å². The predicted octanol–water partition coefficient (Wildman–Crippen LogP) is 4.30. The van der Waals surface area contributed by atoms with Gasteiger partial charge in [-0.15, -0.1) is 0 Å². The van der Waals surface area contributed by atoms with E-state index in [1.54, 1.807) is 50.6 Å². The topological polar surface area (TPSA) is 108 Å². The molecule has 0 saturated heterocycles. The van der Waals surface area contributed by atoms with Gasteiger partial charge >= 0.3 is 0 Å². The summed E-state index contributed by atoms with van der Waals surface area (Å²) in [6.07, 6.45) is 0. The molecule has 194 valence electrons. The lowest BCUT2D eigenvalue weighted by molar-refractivity contribution is 0.0996. The lowest BCUT2D eigenvalue weighted by Gasteiger charge is -2.10. The third-order valence-corrected chi connectivity index (χ3v) is 7.90. The summed E-state index contributed by atoms with van der Waals surface area (Å²) in [6.45, 7) is 3.40. The number of carbonyl (C=O) groups excluding carboxylic acids is 1. The summed E-state index contributed by atoms with van der Waals surface area (Å²) < 4.78 is 47.1. The molecule has 4 rings (SSSR count). The predicted molar refractivity (Wildman–Crippen MR) is 143 cm³/mol. The summed E-state index contributed by atoms with van der Waals surface area (Å²) in [5.41, 5.74) is 1.34. The highest BCUT2D eigenvalue weighted by Crippen LogP contribution is 2.33. The molecule has 0 radical (unpaired) electrons. The molecule has 1 amide bonds. The van der Waals surface area contributed by atoms with E-state index in [1.165, 1.54) is 29.5 Å². The molecule has 0 aliphatic heterocycles. The number of methoxy groups -OCH3 is 2. The average Bonchev–Trinajstić information content (AvgIpc) is 3.23. The smallest absolute Gasteiger partial charge is 0.279 e. The van der Waals surface area contributed by atoms with Crippen LogP contribution in [0.4, 0.5) is 5.69 Å². The number of amides is 1. The van der Waals surface area contributed by atoms with Crippen LogP contribution < -0.4 is 19.0 Å². The Morgan fingerprint density at radius 3 is 2.43 bits per heavy atom. The molecule has 0 saturated carbocycles. The number of hydrogen-bond acceptors (Lipinski definition) is 7. The Morgan fingerprint density at radius 1 is 1.00 bits per heavy atom. The molecule has 0 bridgehead atoms. The minimum Gasteiger partial charge on any atom is -0.493 e. The molecular weight excluding hydrogens is 514 g/mol. The highest BCUT2D eigenvalue weighted by atomic mass is 32.2. The van der Waals surface area contributed by atoms with Crippen molar-refractivity contribution in [2.45, 2.75) is 18.4 Å². The third kappa shape index (κ3) is 6.01. The number of anilines is 1. The fourth-order valence-corrected chi connectivity index (χ4v) is 5.81. The van der Waals surface area contributed by atoms with Crippen LogP contribution >= 0.6 is 11.3 Å². The molecule has 0 spiro atoms. The molecule has 11 heteroatoms. The standard InChI is InChI=1S/C26H27N3O6S2/c1-4-35-14-13-29-21-16-22(33-2)23(34-3)17-24(21)36-26(29)27-25(30)18-9-8-10-19(15-18)28-37(31,32)20-11-6-5-7-12-20/h5-12,15-17,28H,4,13-14H2,1-3H3. The lowest BCUT2D eigenvalue weighted by Crippen LogP contribution is -2.20. The number of fused-ring (bicyclic) bond motifs is 1. The van der Waals surface area contributed by atoms with E-state index in [0.29, 0.717) is 36.1 Å². The van der Waals surface area contributed by atoms with Crippen LogP contribution in [0.3, 0.4) is 0 Å². The molecule has 3 aromatic carbocycles. The number of rotatable bonds is 10. The SMILES string of the molecule is CCOCCn1c(=NC(=O)c2cccc(NS(=O)(=O)c3ccccc3)c2)sc2cc(OC)c(OC)cc21. The number of hydrogen-bond donors (Lipinski definition) is 1. The van der Waals surface area contributed by atoms with Crippen LogP contribution in [0.15, 0.2) is 76.6 Å². The van der Waals surface area contributed by atoms with E-state index in [0.717, 1.165) is 10.2 Å². The molecule has 1 heterocycles. The monoisotopic (exact) mass is 541 g/mol. The van der Waals surface area contributed by atoms with Crippen molar-refractivity contribution in [1.29, 1.82) is 0 Å². The summed E-state index contributed by atoms with van der Waals surface area (Å²) in [4.78, 5) is 18.2. The molecule has 0 fully saturated rings. The zero-order chi connectivity index (χ0) is 26.4.